The molecule has 0 radical (unpaired) electrons. The van der Waals surface area contributed by atoms with Gasteiger partial charge in [0.1, 0.15) is 5.75 Å². The topological polar surface area (TPSA) is 34.1 Å². The van der Waals surface area contributed by atoms with E-state index in [1.165, 1.54) is 5.56 Å². The van der Waals surface area contributed by atoms with E-state index < -0.39 is 0 Å². The van der Waals surface area contributed by atoms with E-state index in [9.17, 15) is 0 Å². The molecule has 0 aliphatic carbocycles. The van der Waals surface area contributed by atoms with Crippen molar-refractivity contribution in [2.24, 2.45) is 0 Å². The quantitative estimate of drug-likeness (QED) is 0.841. The summed E-state index contributed by atoms with van der Waals surface area (Å²) in [5, 5.41) is 5.61. The molecule has 0 bridgehead atoms. The van der Waals surface area contributed by atoms with Crippen molar-refractivity contribution in [2.45, 2.75) is 26.3 Å². The minimum atomic E-state index is 0.342. The number of benzene rings is 1. The molecule has 0 aliphatic rings. The smallest absolute Gasteiger partial charge is 0.119 e. The van der Waals surface area contributed by atoms with Gasteiger partial charge in [-0.1, -0.05) is 12.1 Å². The molecule has 0 amide bonds. The summed E-state index contributed by atoms with van der Waals surface area (Å²) in [6.45, 7) is 5.83. The number of rotatable bonds is 7. The Bertz CT molecular complexity index is 467. The van der Waals surface area contributed by atoms with E-state index in [0.717, 1.165) is 24.4 Å². The summed E-state index contributed by atoms with van der Waals surface area (Å²) >= 11 is 1.65. The Morgan fingerprint density at radius 1 is 1.32 bits per heavy atom. The van der Waals surface area contributed by atoms with Crippen molar-refractivity contribution in [3.05, 3.63) is 46.4 Å². The maximum absolute atomic E-state index is 5.44. The van der Waals surface area contributed by atoms with E-state index in [1.807, 2.05) is 24.6 Å². The molecule has 0 spiro atoms. The fourth-order valence-corrected chi connectivity index (χ4v) is 2.51. The lowest BCUT2D eigenvalue weighted by Gasteiger charge is -2.14. The molecule has 0 fully saturated rings. The first-order valence-electron chi connectivity index (χ1n) is 6.62. The molecule has 0 aliphatic heterocycles. The molecule has 1 aromatic heterocycles. The molecule has 4 heteroatoms. The van der Waals surface area contributed by atoms with Crippen molar-refractivity contribution in [2.75, 3.05) is 13.2 Å². The summed E-state index contributed by atoms with van der Waals surface area (Å²) in [5.74, 6) is 0.931. The van der Waals surface area contributed by atoms with Crippen LogP contribution >= 0.6 is 11.3 Å². The number of hydrogen-bond donors (Lipinski definition) is 1. The monoisotopic (exact) mass is 276 g/mol. The Morgan fingerprint density at radius 3 is 2.74 bits per heavy atom. The molecule has 3 nitrogen and oxygen atoms in total. The van der Waals surface area contributed by atoms with Crippen LogP contribution in [0.1, 0.15) is 31.1 Å². The Kier molecular flexibility index (Phi) is 5.36. The molecule has 0 saturated heterocycles. The average molecular weight is 276 g/mol. The van der Waals surface area contributed by atoms with Gasteiger partial charge in [0, 0.05) is 24.4 Å². The fourth-order valence-electron chi connectivity index (χ4n) is 1.91. The predicted molar refractivity (Wildman–Crippen MR) is 79.8 cm³/mol. The zero-order valence-corrected chi connectivity index (χ0v) is 12.2. The van der Waals surface area contributed by atoms with Gasteiger partial charge in [-0.3, -0.25) is 0 Å². The third-order valence-electron chi connectivity index (χ3n) is 3.01. The Labute approximate surface area is 118 Å². The average Bonchev–Trinajstić information content (AvgIpc) is 2.93. The van der Waals surface area contributed by atoms with Gasteiger partial charge >= 0.3 is 0 Å². The van der Waals surface area contributed by atoms with Gasteiger partial charge in [0.05, 0.1) is 17.8 Å². The number of aromatic nitrogens is 1. The number of nitrogens with zero attached hydrogens (tertiary/aromatic N) is 1. The summed E-state index contributed by atoms with van der Waals surface area (Å²) in [6, 6.07) is 8.63. The summed E-state index contributed by atoms with van der Waals surface area (Å²) in [6.07, 6.45) is 0.977. The highest BCUT2D eigenvalue weighted by atomic mass is 32.1. The summed E-state index contributed by atoms with van der Waals surface area (Å²) in [7, 11) is 0. The van der Waals surface area contributed by atoms with Crippen LogP contribution in [0, 0.1) is 0 Å². The molecule has 1 aromatic carbocycles. The van der Waals surface area contributed by atoms with Crippen LogP contribution in [0.5, 0.6) is 5.75 Å². The van der Waals surface area contributed by atoms with Crippen LogP contribution in [-0.2, 0) is 6.42 Å². The second-order valence-electron chi connectivity index (χ2n) is 4.41. The standard InChI is InChI=1S/C15H20N2OS/c1-3-18-15-6-4-13(5-7-15)12(2)16-9-8-14-10-19-11-17-14/h4-7,10-12,16H,3,8-9H2,1-2H3. The molecule has 1 unspecified atom stereocenters. The van der Waals surface area contributed by atoms with Crippen molar-refractivity contribution < 1.29 is 4.74 Å². The molecule has 2 rings (SSSR count). The lowest BCUT2D eigenvalue weighted by molar-refractivity contribution is 0.340. The van der Waals surface area contributed by atoms with E-state index in [1.54, 1.807) is 11.3 Å². The van der Waals surface area contributed by atoms with Crippen molar-refractivity contribution in [3.63, 3.8) is 0 Å². The minimum absolute atomic E-state index is 0.342. The molecule has 1 N–H and O–H groups in total. The van der Waals surface area contributed by atoms with Crippen molar-refractivity contribution in [1.82, 2.24) is 10.3 Å². The van der Waals surface area contributed by atoms with E-state index in [4.69, 9.17) is 4.74 Å². The lowest BCUT2D eigenvalue weighted by Crippen LogP contribution is -2.21. The van der Waals surface area contributed by atoms with Gasteiger partial charge in [0.25, 0.3) is 0 Å². The van der Waals surface area contributed by atoms with Crippen LogP contribution in [0.15, 0.2) is 35.2 Å². The largest absolute Gasteiger partial charge is 0.494 e. The first-order valence-corrected chi connectivity index (χ1v) is 7.57. The van der Waals surface area contributed by atoms with Gasteiger partial charge in [-0.05, 0) is 31.5 Å². The zero-order chi connectivity index (χ0) is 13.5. The first kappa shape index (κ1) is 14.0. The predicted octanol–water partition coefficient (Wildman–Crippen LogP) is 3.44. The van der Waals surface area contributed by atoms with E-state index in [2.05, 4.69) is 34.7 Å². The zero-order valence-electron chi connectivity index (χ0n) is 11.4. The summed E-state index contributed by atoms with van der Waals surface area (Å²) in [4.78, 5) is 4.28. The normalized spacial score (nSPS) is 12.3. The Balaban J connectivity index is 1.80. The van der Waals surface area contributed by atoms with Crippen molar-refractivity contribution in [3.8, 4) is 5.75 Å². The van der Waals surface area contributed by atoms with Crippen LogP contribution in [-0.4, -0.2) is 18.1 Å². The highest BCUT2D eigenvalue weighted by Crippen LogP contribution is 2.17. The number of nitrogens with one attached hydrogen (secondary N) is 1. The Morgan fingerprint density at radius 2 is 2.11 bits per heavy atom. The molecule has 2 aromatic rings. The SMILES string of the molecule is CCOc1ccc(C(C)NCCc2cscn2)cc1. The lowest BCUT2D eigenvalue weighted by atomic mass is 10.1. The second-order valence-corrected chi connectivity index (χ2v) is 5.13. The molecular weight excluding hydrogens is 256 g/mol. The number of ether oxygens (including phenoxy) is 1. The van der Waals surface area contributed by atoms with Gasteiger partial charge < -0.3 is 10.1 Å². The molecule has 1 atom stereocenters. The van der Waals surface area contributed by atoms with Gasteiger partial charge in [-0.25, -0.2) is 4.98 Å². The van der Waals surface area contributed by atoms with Gasteiger partial charge in [-0.2, -0.15) is 0 Å². The van der Waals surface area contributed by atoms with Gasteiger partial charge in [-0.15, -0.1) is 11.3 Å². The van der Waals surface area contributed by atoms with E-state index in [-0.39, 0.29) is 0 Å². The molecule has 102 valence electrons. The van der Waals surface area contributed by atoms with Crippen molar-refractivity contribution >= 4 is 11.3 Å². The third kappa shape index (κ3) is 4.33. The van der Waals surface area contributed by atoms with Crippen molar-refractivity contribution in [1.29, 1.82) is 0 Å². The number of hydrogen-bond acceptors (Lipinski definition) is 4. The van der Waals surface area contributed by atoms with Gasteiger partial charge in [0.15, 0.2) is 0 Å². The van der Waals surface area contributed by atoms with E-state index >= 15 is 0 Å². The van der Waals surface area contributed by atoms with E-state index in [0.29, 0.717) is 12.6 Å². The third-order valence-corrected chi connectivity index (χ3v) is 3.64. The summed E-state index contributed by atoms with van der Waals surface area (Å²) < 4.78 is 5.44. The molecular formula is C15H20N2OS. The summed E-state index contributed by atoms with van der Waals surface area (Å²) in [5.41, 5.74) is 4.32. The first-order chi connectivity index (χ1) is 9.29. The molecule has 1 heterocycles. The highest BCUT2D eigenvalue weighted by molar-refractivity contribution is 7.07. The maximum Gasteiger partial charge on any atom is 0.119 e. The highest BCUT2D eigenvalue weighted by Gasteiger charge is 2.05. The molecule has 19 heavy (non-hydrogen) atoms. The van der Waals surface area contributed by atoms with Crippen LogP contribution in [0.25, 0.3) is 0 Å². The second kappa shape index (κ2) is 7.26. The van der Waals surface area contributed by atoms with Crippen LogP contribution < -0.4 is 10.1 Å². The number of thiazole rings is 1. The van der Waals surface area contributed by atoms with Gasteiger partial charge in [0.2, 0.25) is 0 Å². The van der Waals surface area contributed by atoms with Crippen LogP contribution in [0.4, 0.5) is 0 Å². The van der Waals surface area contributed by atoms with Crippen LogP contribution in [0.2, 0.25) is 0 Å². The van der Waals surface area contributed by atoms with Crippen LogP contribution in [0.3, 0.4) is 0 Å². The fraction of sp³-hybridized carbons (Fsp3) is 0.400. The maximum atomic E-state index is 5.44. The Hall–Kier alpha value is -1.39. The minimum Gasteiger partial charge on any atom is -0.494 e. The molecule has 0 saturated carbocycles.